The minimum absolute atomic E-state index is 0.00425. The van der Waals surface area contributed by atoms with Gasteiger partial charge in [-0.2, -0.15) is 0 Å². The van der Waals surface area contributed by atoms with Crippen LogP contribution in [-0.4, -0.2) is 81.9 Å². The third kappa shape index (κ3) is 6.65. The zero-order chi connectivity index (χ0) is 33.8. The second-order valence-corrected chi connectivity index (χ2v) is 16.0. The lowest BCUT2D eigenvalue weighted by Gasteiger charge is -2.28. The van der Waals surface area contributed by atoms with Gasteiger partial charge in [-0.3, -0.25) is 19.1 Å². The van der Waals surface area contributed by atoms with Gasteiger partial charge in [-0.25, -0.2) is 27.2 Å². The van der Waals surface area contributed by atoms with Gasteiger partial charge in [-0.1, -0.05) is 31.9 Å². The number of nitrogens with one attached hydrogen (secondary N) is 2. The molecule has 15 heteroatoms. The van der Waals surface area contributed by atoms with Crippen molar-refractivity contribution in [2.45, 2.75) is 119 Å². The number of carbonyl (C=O) groups is 3. The molecule has 2 aliphatic carbocycles. The standard InChI is InChI=1S/C32H42F2N6O6S/c1-3-22-27(37-24-11-7-6-10-23(24)36-22)46-20-15-25-26(41)38-32(29(43)39-47(44,45)30(2)13-14-30)17-19(32)16-31(33,34)12-8-4-5-9-21(35)28(42)40(25)18-20/h6-7,10-11,19-21,25H,3-5,8-9,12-18,35H2,1-2H3,(H,38,41)(H,39,43)/t19-,20-,21+,25+,32-/m1/s1. The molecule has 2 saturated heterocycles. The Labute approximate surface area is 272 Å². The normalized spacial score (nSPS) is 30.7. The molecule has 256 valence electrons. The van der Waals surface area contributed by atoms with Crippen LogP contribution in [0.25, 0.3) is 11.0 Å². The maximum atomic E-state index is 15.1. The van der Waals surface area contributed by atoms with E-state index < -0.39 is 80.9 Å². The number of carbonyl (C=O) groups excluding carboxylic acids is 3. The fraction of sp³-hybridized carbons (Fsp3) is 0.656. The first-order chi connectivity index (χ1) is 22.2. The van der Waals surface area contributed by atoms with Gasteiger partial charge >= 0.3 is 0 Å². The number of alkyl halides is 2. The predicted molar refractivity (Wildman–Crippen MR) is 168 cm³/mol. The number of hydrogen-bond acceptors (Lipinski definition) is 9. The van der Waals surface area contributed by atoms with E-state index in [1.165, 1.54) is 11.8 Å². The molecule has 4 aliphatic rings. The van der Waals surface area contributed by atoms with Crippen LogP contribution in [0.2, 0.25) is 0 Å². The van der Waals surface area contributed by atoms with Crippen LogP contribution in [0.15, 0.2) is 24.3 Å². The average Bonchev–Trinajstić information content (AvgIpc) is 3.89. The van der Waals surface area contributed by atoms with Gasteiger partial charge in [0.25, 0.3) is 5.91 Å². The van der Waals surface area contributed by atoms with Gasteiger partial charge < -0.3 is 20.7 Å². The molecule has 1 aromatic carbocycles. The lowest BCUT2D eigenvalue weighted by atomic mass is 10.0. The van der Waals surface area contributed by atoms with Crippen LogP contribution in [0, 0.1) is 5.92 Å². The minimum Gasteiger partial charge on any atom is -0.471 e. The summed E-state index contributed by atoms with van der Waals surface area (Å²) in [6.07, 6.45) is 0.604. The molecular formula is C32H42F2N6O6S. The monoisotopic (exact) mass is 676 g/mol. The Kier molecular flexibility index (Phi) is 8.69. The number of rotatable bonds is 6. The summed E-state index contributed by atoms with van der Waals surface area (Å²) < 4.78 is 63.3. The number of aromatic nitrogens is 2. The topological polar surface area (TPSA) is 174 Å². The van der Waals surface area contributed by atoms with E-state index >= 15 is 8.78 Å². The molecule has 47 heavy (non-hydrogen) atoms. The molecule has 2 aromatic rings. The summed E-state index contributed by atoms with van der Waals surface area (Å²) in [6, 6.07) is 5.19. The van der Waals surface area contributed by atoms with Crippen molar-refractivity contribution < 1.29 is 36.3 Å². The Morgan fingerprint density at radius 1 is 1.11 bits per heavy atom. The van der Waals surface area contributed by atoms with E-state index in [1.807, 2.05) is 25.1 Å². The molecule has 0 spiro atoms. The largest absolute Gasteiger partial charge is 0.471 e. The number of amides is 3. The molecule has 2 aliphatic heterocycles. The number of sulfonamides is 1. The van der Waals surface area contributed by atoms with Crippen LogP contribution in [0.5, 0.6) is 5.88 Å². The van der Waals surface area contributed by atoms with Crippen LogP contribution in [0.1, 0.15) is 83.7 Å². The first-order valence-electron chi connectivity index (χ1n) is 16.4. The summed E-state index contributed by atoms with van der Waals surface area (Å²) in [5.74, 6) is -6.14. The molecule has 0 bridgehead atoms. The number of benzene rings is 1. The van der Waals surface area contributed by atoms with Gasteiger partial charge in [0.05, 0.1) is 28.4 Å². The molecule has 0 radical (unpaired) electrons. The summed E-state index contributed by atoms with van der Waals surface area (Å²) in [4.78, 5) is 51.9. The summed E-state index contributed by atoms with van der Waals surface area (Å²) in [5, 5.41) is 2.64. The number of nitrogens with two attached hydrogens (primary N) is 1. The third-order valence-corrected chi connectivity index (χ3v) is 12.3. The molecule has 4 N–H and O–H groups in total. The molecule has 3 heterocycles. The maximum absolute atomic E-state index is 15.1. The van der Waals surface area contributed by atoms with E-state index in [0.29, 0.717) is 48.8 Å². The van der Waals surface area contributed by atoms with Gasteiger partial charge in [-0.05, 0) is 63.5 Å². The average molecular weight is 677 g/mol. The van der Waals surface area contributed by atoms with E-state index in [0.717, 1.165) is 0 Å². The maximum Gasteiger partial charge on any atom is 0.259 e. The zero-order valence-electron chi connectivity index (χ0n) is 26.6. The Balaban J connectivity index is 1.29. The molecular weight excluding hydrogens is 634 g/mol. The number of nitrogens with zero attached hydrogens (tertiary/aromatic N) is 3. The van der Waals surface area contributed by atoms with Crippen molar-refractivity contribution in [3.63, 3.8) is 0 Å². The van der Waals surface area contributed by atoms with Crippen molar-refractivity contribution in [2.75, 3.05) is 6.54 Å². The van der Waals surface area contributed by atoms with Crippen LogP contribution < -0.4 is 20.5 Å². The zero-order valence-corrected chi connectivity index (χ0v) is 27.5. The first-order valence-corrected chi connectivity index (χ1v) is 17.9. The number of halogens is 2. The molecule has 12 nitrogen and oxygen atoms in total. The molecule has 1 aromatic heterocycles. The van der Waals surface area contributed by atoms with Crippen LogP contribution in [0.3, 0.4) is 0 Å². The highest BCUT2D eigenvalue weighted by Crippen LogP contribution is 2.51. The Morgan fingerprint density at radius 2 is 1.81 bits per heavy atom. The highest BCUT2D eigenvalue weighted by Gasteiger charge is 2.65. The predicted octanol–water partition coefficient (Wildman–Crippen LogP) is 2.73. The number of ether oxygens (including phenoxy) is 1. The van der Waals surface area contributed by atoms with Crippen LogP contribution >= 0.6 is 0 Å². The lowest BCUT2D eigenvalue weighted by molar-refractivity contribution is -0.140. The van der Waals surface area contributed by atoms with Crippen molar-refractivity contribution in [1.82, 2.24) is 24.9 Å². The number of fused-ring (bicyclic) bond motifs is 3. The van der Waals surface area contributed by atoms with E-state index in [2.05, 4.69) is 20.0 Å². The van der Waals surface area contributed by atoms with Crippen molar-refractivity contribution in [3.05, 3.63) is 30.0 Å². The van der Waals surface area contributed by atoms with E-state index in [-0.39, 0.29) is 38.1 Å². The molecule has 4 fully saturated rings. The fourth-order valence-electron chi connectivity index (χ4n) is 6.75. The van der Waals surface area contributed by atoms with Gasteiger partial charge in [-0.15, -0.1) is 0 Å². The van der Waals surface area contributed by atoms with E-state index in [4.69, 9.17) is 10.5 Å². The van der Waals surface area contributed by atoms with Gasteiger partial charge in [0.15, 0.2) is 0 Å². The Morgan fingerprint density at radius 3 is 2.49 bits per heavy atom. The summed E-state index contributed by atoms with van der Waals surface area (Å²) in [5.41, 5.74) is 6.32. The van der Waals surface area contributed by atoms with Crippen LogP contribution in [0.4, 0.5) is 8.78 Å². The first kappa shape index (κ1) is 33.4. The second-order valence-electron chi connectivity index (χ2n) is 13.8. The summed E-state index contributed by atoms with van der Waals surface area (Å²) in [7, 11) is -4.11. The highest BCUT2D eigenvalue weighted by atomic mass is 32.2. The second kappa shape index (κ2) is 12.2. The number of hydrogen-bond donors (Lipinski definition) is 3. The van der Waals surface area contributed by atoms with Gasteiger partial charge in [0, 0.05) is 19.3 Å². The number of para-hydroxylation sites is 2. The van der Waals surface area contributed by atoms with E-state index in [9.17, 15) is 22.8 Å². The molecule has 3 amide bonds. The Hall–Kier alpha value is -3.46. The third-order valence-electron chi connectivity index (χ3n) is 10.2. The van der Waals surface area contributed by atoms with Crippen molar-refractivity contribution in [2.24, 2.45) is 11.7 Å². The van der Waals surface area contributed by atoms with Gasteiger partial charge in [0.2, 0.25) is 33.6 Å². The lowest BCUT2D eigenvalue weighted by Crippen LogP contribution is -2.58. The minimum atomic E-state index is -4.11. The van der Waals surface area contributed by atoms with Crippen molar-refractivity contribution in [3.8, 4) is 5.88 Å². The molecule has 2 saturated carbocycles. The van der Waals surface area contributed by atoms with E-state index in [1.54, 1.807) is 6.07 Å². The summed E-state index contributed by atoms with van der Waals surface area (Å²) in [6.45, 7) is 3.41. The fourth-order valence-corrected chi connectivity index (χ4v) is 8.06. The number of aryl methyl sites for hydroxylation is 1. The summed E-state index contributed by atoms with van der Waals surface area (Å²) >= 11 is 0. The van der Waals surface area contributed by atoms with Crippen molar-refractivity contribution in [1.29, 1.82) is 0 Å². The quantitative estimate of drug-likeness (QED) is 0.416. The highest BCUT2D eigenvalue weighted by molar-refractivity contribution is 7.91. The van der Waals surface area contributed by atoms with Crippen LogP contribution in [-0.2, 0) is 30.8 Å². The molecule has 5 atom stereocenters. The SMILES string of the molecule is CCc1nc2ccccc2nc1O[C@@H]1C[C@H]2C(=O)N[C@]3(C(=O)NS(=O)(=O)C4(C)CC4)C[C@H]3CC(F)(F)CCCCC[C@H](N)C(=O)N2C1. The smallest absolute Gasteiger partial charge is 0.259 e. The van der Waals surface area contributed by atoms with Gasteiger partial charge in [0.1, 0.15) is 23.4 Å². The molecule has 0 unspecified atom stereocenters. The Bertz CT molecular complexity index is 1690. The van der Waals surface area contributed by atoms with Crippen molar-refractivity contribution >= 4 is 38.8 Å². The molecule has 6 rings (SSSR count).